The molecule has 3 nitrogen and oxygen atoms in total. The summed E-state index contributed by atoms with van der Waals surface area (Å²) in [5.74, 6) is 1.21. The van der Waals surface area contributed by atoms with Crippen molar-refractivity contribution in [3.63, 3.8) is 0 Å². The molecule has 2 rings (SSSR count). The highest BCUT2D eigenvalue weighted by atomic mass is 19.1. The Kier molecular flexibility index (Phi) is 5.78. The third-order valence-corrected chi connectivity index (χ3v) is 3.64. The largest absolute Gasteiger partial charge is 0.496 e. The van der Waals surface area contributed by atoms with Gasteiger partial charge in [0.1, 0.15) is 17.3 Å². The number of hydrogen-bond acceptors (Lipinski definition) is 3. The van der Waals surface area contributed by atoms with Gasteiger partial charge in [-0.1, -0.05) is 12.1 Å². The van der Waals surface area contributed by atoms with E-state index in [0.29, 0.717) is 25.3 Å². The zero-order valence-corrected chi connectivity index (χ0v) is 13.0. The molecule has 0 saturated heterocycles. The highest BCUT2D eigenvalue weighted by Gasteiger charge is 2.16. The Morgan fingerprint density at radius 2 is 2.00 bits per heavy atom. The molecule has 2 aromatic rings. The molecular weight excluding hydrogens is 281 g/mol. The quantitative estimate of drug-likeness (QED) is 0.849. The number of aryl methyl sites for hydroxylation is 1. The predicted molar refractivity (Wildman–Crippen MR) is 86.0 cm³/mol. The lowest BCUT2D eigenvalue weighted by molar-refractivity contribution is 0.296. The summed E-state index contributed by atoms with van der Waals surface area (Å²) in [5, 5.41) is 0. The van der Waals surface area contributed by atoms with Crippen molar-refractivity contribution in [1.82, 2.24) is 0 Å². The van der Waals surface area contributed by atoms with Crippen LogP contribution < -0.4 is 15.2 Å². The molecule has 0 amide bonds. The number of rotatable bonds is 7. The predicted octanol–water partition coefficient (Wildman–Crippen LogP) is 3.65. The van der Waals surface area contributed by atoms with Gasteiger partial charge in [-0.2, -0.15) is 0 Å². The van der Waals surface area contributed by atoms with E-state index in [-0.39, 0.29) is 11.7 Å². The maximum Gasteiger partial charge on any atom is 0.123 e. The summed E-state index contributed by atoms with van der Waals surface area (Å²) in [4.78, 5) is 0. The maximum atomic E-state index is 13.5. The number of ether oxygens (including phenoxy) is 2. The van der Waals surface area contributed by atoms with E-state index in [1.54, 1.807) is 13.2 Å². The minimum atomic E-state index is -0.283. The summed E-state index contributed by atoms with van der Waals surface area (Å²) >= 11 is 0. The van der Waals surface area contributed by atoms with Gasteiger partial charge >= 0.3 is 0 Å². The van der Waals surface area contributed by atoms with Crippen LogP contribution in [0.2, 0.25) is 0 Å². The van der Waals surface area contributed by atoms with Crippen molar-refractivity contribution >= 4 is 0 Å². The van der Waals surface area contributed by atoms with Crippen LogP contribution >= 0.6 is 0 Å². The lowest BCUT2D eigenvalue weighted by Crippen LogP contribution is -2.16. The van der Waals surface area contributed by atoms with Gasteiger partial charge in [0.2, 0.25) is 0 Å². The van der Waals surface area contributed by atoms with E-state index in [4.69, 9.17) is 15.2 Å². The topological polar surface area (TPSA) is 44.5 Å². The summed E-state index contributed by atoms with van der Waals surface area (Å²) in [7, 11) is 1.58. The summed E-state index contributed by atoms with van der Waals surface area (Å²) in [5.41, 5.74) is 7.79. The first kappa shape index (κ1) is 16.3. The first-order valence-electron chi connectivity index (χ1n) is 7.37. The SMILES string of the molecule is COc1ccc(F)cc1C(CN)CCOc1cccc(C)c1. The van der Waals surface area contributed by atoms with Crippen molar-refractivity contribution in [3.8, 4) is 11.5 Å². The van der Waals surface area contributed by atoms with Gasteiger partial charge in [0.05, 0.1) is 13.7 Å². The molecule has 0 aliphatic heterocycles. The van der Waals surface area contributed by atoms with E-state index in [1.165, 1.54) is 12.1 Å². The summed E-state index contributed by atoms with van der Waals surface area (Å²) in [6, 6.07) is 12.4. The second kappa shape index (κ2) is 7.80. The molecule has 4 heteroatoms. The van der Waals surface area contributed by atoms with Crippen molar-refractivity contribution in [1.29, 1.82) is 0 Å². The van der Waals surface area contributed by atoms with Gasteiger partial charge in [-0.3, -0.25) is 0 Å². The molecule has 2 N–H and O–H groups in total. The lowest BCUT2D eigenvalue weighted by atomic mass is 9.95. The van der Waals surface area contributed by atoms with Crippen molar-refractivity contribution in [3.05, 3.63) is 59.4 Å². The number of benzene rings is 2. The van der Waals surface area contributed by atoms with Crippen LogP contribution in [-0.4, -0.2) is 20.3 Å². The molecule has 1 atom stereocenters. The van der Waals surface area contributed by atoms with Crippen LogP contribution in [0.4, 0.5) is 4.39 Å². The summed E-state index contributed by atoms with van der Waals surface area (Å²) < 4.78 is 24.5. The highest BCUT2D eigenvalue weighted by Crippen LogP contribution is 2.29. The number of hydrogen-bond donors (Lipinski definition) is 1. The van der Waals surface area contributed by atoms with Crippen LogP contribution in [0, 0.1) is 12.7 Å². The Labute approximate surface area is 130 Å². The number of halogens is 1. The molecule has 0 aliphatic carbocycles. The molecular formula is C18H22FNO2. The fourth-order valence-electron chi connectivity index (χ4n) is 2.45. The van der Waals surface area contributed by atoms with Crippen LogP contribution in [0.1, 0.15) is 23.5 Å². The van der Waals surface area contributed by atoms with Crippen molar-refractivity contribution in [2.24, 2.45) is 5.73 Å². The summed E-state index contributed by atoms with van der Waals surface area (Å²) in [6.45, 7) is 2.95. The minimum absolute atomic E-state index is 0.00420. The monoisotopic (exact) mass is 303 g/mol. The maximum absolute atomic E-state index is 13.5. The van der Waals surface area contributed by atoms with E-state index < -0.39 is 0 Å². The molecule has 0 heterocycles. The van der Waals surface area contributed by atoms with Crippen LogP contribution in [0.5, 0.6) is 11.5 Å². The standard InChI is InChI=1S/C18H22FNO2/c1-13-4-3-5-16(10-13)22-9-8-14(12-20)17-11-15(19)6-7-18(17)21-2/h3-7,10-11,14H,8-9,12,20H2,1-2H3. The Hall–Kier alpha value is -2.07. The average Bonchev–Trinajstić information content (AvgIpc) is 2.52. The van der Waals surface area contributed by atoms with Gasteiger partial charge in [0.25, 0.3) is 0 Å². The number of nitrogens with two attached hydrogens (primary N) is 1. The smallest absolute Gasteiger partial charge is 0.123 e. The molecule has 22 heavy (non-hydrogen) atoms. The second-order valence-corrected chi connectivity index (χ2v) is 5.27. The van der Waals surface area contributed by atoms with E-state index >= 15 is 0 Å². The van der Waals surface area contributed by atoms with Gasteiger partial charge in [0, 0.05) is 11.5 Å². The third kappa shape index (κ3) is 4.21. The molecule has 0 bridgehead atoms. The molecule has 0 saturated carbocycles. The van der Waals surface area contributed by atoms with Gasteiger partial charge in [0.15, 0.2) is 0 Å². The zero-order chi connectivity index (χ0) is 15.9. The average molecular weight is 303 g/mol. The van der Waals surface area contributed by atoms with Gasteiger partial charge in [-0.05, 0) is 55.8 Å². The summed E-state index contributed by atoms with van der Waals surface area (Å²) in [6.07, 6.45) is 0.699. The van der Waals surface area contributed by atoms with E-state index in [1.807, 2.05) is 31.2 Å². The first-order valence-corrected chi connectivity index (χ1v) is 7.37. The zero-order valence-electron chi connectivity index (χ0n) is 13.0. The minimum Gasteiger partial charge on any atom is -0.496 e. The van der Waals surface area contributed by atoms with E-state index in [0.717, 1.165) is 16.9 Å². The van der Waals surface area contributed by atoms with Crippen molar-refractivity contribution < 1.29 is 13.9 Å². The first-order chi connectivity index (χ1) is 10.6. The van der Waals surface area contributed by atoms with Crippen LogP contribution in [-0.2, 0) is 0 Å². The van der Waals surface area contributed by atoms with Crippen LogP contribution in [0.25, 0.3) is 0 Å². The van der Waals surface area contributed by atoms with Crippen LogP contribution in [0.3, 0.4) is 0 Å². The fraction of sp³-hybridized carbons (Fsp3) is 0.333. The second-order valence-electron chi connectivity index (χ2n) is 5.27. The molecule has 2 aromatic carbocycles. The number of methoxy groups -OCH3 is 1. The lowest BCUT2D eigenvalue weighted by Gasteiger charge is -2.18. The van der Waals surface area contributed by atoms with Crippen molar-refractivity contribution in [2.75, 3.05) is 20.3 Å². The normalized spacial score (nSPS) is 12.0. The van der Waals surface area contributed by atoms with Gasteiger partial charge in [-0.15, -0.1) is 0 Å². The van der Waals surface area contributed by atoms with Gasteiger partial charge in [-0.25, -0.2) is 4.39 Å². The van der Waals surface area contributed by atoms with Gasteiger partial charge < -0.3 is 15.2 Å². The molecule has 0 aromatic heterocycles. The fourth-order valence-corrected chi connectivity index (χ4v) is 2.45. The molecule has 1 unspecified atom stereocenters. The molecule has 0 aliphatic rings. The molecule has 0 spiro atoms. The highest BCUT2D eigenvalue weighted by molar-refractivity contribution is 5.37. The Morgan fingerprint density at radius 3 is 2.68 bits per heavy atom. The molecule has 118 valence electrons. The Morgan fingerprint density at radius 1 is 1.18 bits per heavy atom. The molecule has 0 radical (unpaired) electrons. The Bertz CT molecular complexity index is 616. The van der Waals surface area contributed by atoms with E-state index in [9.17, 15) is 4.39 Å². The van der Waals surface area contributed by atoms with Crippen molar-refractivity contribution in [2.45, 2.75) is 19.3 Å². The van der Waals surface area contributed by atoms with E-state index in [2.05, 4.69) is 0 Å². The van der Waals surface area contributed by atoms with Crippen LogP contribution in [0.15, 0.2) is 42.5 Å². The Balaban J connectivity index is 2.02. The molecule has 0 fully saturated rings. The third-order valence-electron chi connectivity index (χ3n) is 3.64.